The topological polar surface area (TPSA) is 3.24 Å². The number of rotatable bonds is 10. The third-order valence-corrected chi connectivity index (χ3v) is 9.01. The SMILES string of the molecule is C=C(C)C(=C)C(CCC)CC1C2C(CN1C(=C)C(C)C(C)(C)C)C2(C)C.C=CC.C=CCC.CCCC(C)(C)C. The predicted molar refractivity (Wildman–Crippen MR) is 187 cm³/mol. The van der Waals surface area contributed by atoms with Gasteiger partial charge in [0.2, 0.25) is 0 Å². The van der Waals surface area contributed by atoms with Crippen LogP contribution >= 0.6 is 0 Å². The Bertz CT molecular complexity index is 781. The van der Waals surface area contributed by atoms with Crippen LogP contribution in [0, 0.1) is 39.9 Å². The highest BCUT2D eigenvalue weighted by Crippen LogP contribution is 2.66. The summed E-state index contributed by atoms with van der Waals surface area (Å²) >= 11 is 0. The van der Waals surface area contributed by atoms with E-state index in [1.807, 2.05) is 13.0 Å². The minimum atomic E-state index is 0.258. The zero-order valence-electron chi connectivity index (χ0n) is 30.0. The first-order chi connectivity index (χ1) is 18.2. The molecule has 1 aliphatic carbocycles. The van der Waals surface area contributed by atoms with Crippen molar-refractivity contribution in [3.63, 3.8) is 0 Å². The van der Waals surface area contributed by atoms with E-state index >= 15 is 0 Å². The van der Waals surface area contributed by atoms with E-state index in [1.54, 1.807) is 6.08 Å². The first-order valence-electron chi connectivity index (χ1n) is 16.2. The summed E-state index contributed by atoms with van der Waals surface area (Å²) in [6.07, 6.45) is 11.0. The van der Waals surface area contributed by atoms with Crippen molar-refractivity contribution in [1.82, 2.24) is 4.90 Å². The monoisotopic (exact) mass is 556 g/mol. The van der Waals surface area contributed by atoms with Crippen molar-refractivity contribution in [1.29, 1.82) is 0 Å². The van der Waals surface area contributed by atoms with Gasteiger partial charge in [-0.05, 0) is 79.1 Å². The number of likely N-dealkylation sites (tertiary alicyclic amines) is 1. The van der Waals surface area contributed by atoms with E-state index in [0.29, 0.717) is 28.7 Å². The van der Waals surface area contributed by atoms with E-state index < -0.39 is 0 Å². The molecular formula is C39H73N. The molecule has 0 aromatic rings. The number of fused-ring (bicyclic) bond motifs is 1. The minimum absolute atomic E-state index is 0.258. The highest BCUT2D eigenvalue weighted by Gasteiger charge is 2.66. The number of hydrogen-bond donors (Lipinski definition) is 0. The molecule has 1 saturated carbocycles. The summed E-state index contributed by atoms with van der Waals surface area (Å²) in [5.41, 5.74) is 5.07. The van der Waals surface area contributed by atoms with Gasteiger partial charge in [0.1, 0.15) is 0 Å². The van der Waals surface area contributed by atoms with Gasteiger partial charge in [0.05, 0.1) is 0 Å². The molecule has 0 bridgehead atoms. The number of nitrogens with zero attached hydrogens (tertiary/aromatic N) is 1. The van der Waals surface area contributed by atoms with E-state index in [0.717, 1.165) is 23.8 Å². The van der Waals surface area contributed by atoms with Gasteiger partial charge in [0, 0.05) is 24.2 Å². The summed E-state index contributed by atoms with van der Waals surface area (Å²) < 4.78 is 0. The fourth-order valence-electron chi connectivity index (χ4n) is 5.97. The van der Waals surface area contributed by atoms with E-state index in [1.165, 1.54) is 49.9 Å². The second-order valence-electron chi connectivity index (χ2n) is 15.2. The van der Waals surface area contributed by atoms with Gasteiger partial charge in [-0.25, -0.2) is 0 Å². The minimum Gasteiger partial charge on any atom is -0.371 e. The molecule has 0 N–H and O–H groups in total. The first-order valence-corrected chi connectivity index (χ1v) is 16.2. The quantitative estimate of drug-likeness (QED) is 0.191. The van der Waals surface area contributed by atoms with Crippen molar-refractivity contribution < 1.29 is 0 Å². The molecule has 0 spiro atoms. The third kappa shape index (κ3) is 13.4. The fraction of sp³-hybridized carbons (Fsp3) is 0.744. The van der Waals surface area contributed by atoms with Crippen LogP contribution in [0.5, 0.6) is 0 Å². The van der Waals surface area contributed by atoms with E-state index in [2.05, 4.69) is 128 Å². The van der Waals surface area contributed by atoms with Gasteiger partial charge < -0.3 is 4.90 Å². The lowest BCUT2D eigenvalue weighted by atomic mass is 9.78. The molecule has 1 nitrogen and oxygen atoms in total. The van der Waals surface area contributed by atoms with E-state index in [-0.39, 0.29) is 5.41 Å². The molecule has 0 aromatic heterocycles. The number of piperidine rings is 1. The Labute approximate surface area is 254 Å². The van der Waals surface area contributed by atoms with Gasteiger partial charge in [-0.2, -0.15) is 0 Å². The van der Waals surface area contributed by atoms with Crippen LogP contribution in [0.1, 0.15) is 135 Å². The summed E-state index contributed by atoms with van der Waals surface area (Å²) in [4.78, 5) is 2.69. The van der Waals surface area contributed by atoms with Gasteiger partial charge in [0.15, 0.2) is 0 Å². The normalized spacial score (nSPS) is 21.9. The van der Waals surface area contributed by atoms with Crippen LogP contribution < -0.4 is 0 Å². The molecule has 2 fully saturated rings. The average molecular weight is 556 g/mol. The standard InChI is InChI=1S/C25H43N.C7H16.C4H8.C3H6/c1-12-13-20(17(4)16(2)3)14-22-23-21(25(23,10)11)15-26(22)19(6)18(5)24(7,8)9;1-5-6-7(2,3)4;1-3-4-2;1-3-2/h18,20-23H,2,4,6,12-15H2,1,3,5,7-11H3;5-6H2,1-4H3;3H,1,4H2,2H3;3H,1H2,2H3. The molecule has 0 radical (unpaired) electrons. The maximum atomic E-state index is 4.58. The summed E-state index contributed by atoms with van der Waals surface area (Å²) in [7, 11) is 0. The molecule has 1 saturated heterocycles. The molecule has 2 aliphatic rings. The number of hydrogen-bond acceptors (Lipinski definition) is 1. The fourth-order valence-corrected chi connectivity index (χ4v) is 5.97. The zero-order chi connectivity index (χ0) is 32.1. The molecule has 5 atom stereocenters. The van der Waals surface area contributed by atoms with Crippen LogP contribution in [-0.2, 0) is 0 Å². The van der Waals surface area contributed by atoms with Crippen molar-refractivity contribution >= 4 is 0 Å². The van der Waals surface area contributed by atoms with Gasteiger partial charge in [-0.3, -0.25) is 0 Å². The average Bonchev–Trinajstić information content (AvgIpc) is 3.15. The van der Waals surface area contributed by atoms with Crippen molar-refractivity contribution in [3.8, 4) is 0 Å². The van der Waals surface area contributed by atoms with Crippen LogP contribution in [0.4, 0.5) is 0 Å². The van der Waals surface area contributed by atoms with Crippen LogP contribution in [0.2, 0.25) is 0 Å². The zero-order valence-corrected chi connectivity index (χ0v) is 30.0. The second-order valence-corrected chi connectivity index (χ2v) is 15.2. The maximum absolute atomic E-state index is 4.58. The van der Waals surface area contributed by atoms with Gasteiger partial charge in [-0.1, -0.05) is 133 Å². The molecule has 1 heteroatoms. The van der Waals surface area contributed by atoms with Crippen molar-refractivity contribution in [2.24, 2.45) is 39.9 Å². The Morgan fingerprint density at radius 2 is 1.45 bits per heavy atom. The highest BCUT2D eigenvalue weighted by atomic mass is 15.2. The van der Waals surface area contributed by atoms with Crippen LogP contribution in [0.3, 0.4) is 0 Å². The lowest BCUT2D eigenvalue weighted by molar-refractivity contribution is 0.157. The molecule has 2 rings (SSSR count). The Morgan fingerprint density at radius 3 is 1.75 bits per heavy atom. The lowest BCUT2D eigenvalue weighted by Crippen LogP contribution is -2.40. The van der Waals surface area contributed by atoms with E-state index in [9.17, 15) is 0 Å². The molecule has 1 aliphatic heterocycles. The molecule has 234 valence electrons. The van der Waals surface area contributed by atoms with Crippen LogP contribution in [0.15, 0.2) is 61.9 Å². The summed E-state index contributed by atoms with van der Waals surface area (Å²) in [5.74, 6) is 2.69. The molecule has 0 aromatic carbocycles. The Morgan fingerprint density at radius 1 is 0.975 bits per heavy atom. The highest BCUT2D eigenvalue weighted by molar-refractivity contribution is 5.28. The first kappa shape index (κ1) is 40.6. The largest absolute Gasteiger partial charge is 0.371 e. The van der Waals surface area contributed by atoms with Gasteiger partial charge in [-0.15, -0.1) is 13.2 Å². The molecule has 0 amide bonds. The van der Waals surface area contributed by atoms with E-state index in [4.69, 9.17) is 0 Å². The predicted octanol–water partition coefficient (Wildman–Crippen LogP) is 12.7. The van der Waals surface area contributed by atoms with Crippen LogP contribution in [-0.4, -0.2) is 17.5 Å². The third-order valence-electron chi connectivity index (χ3n) is 9.01. The Hall–Kier alpha value is -1.50. The second kappa shape index (κ2) is 18.1. The molecule has 40 heavy (non-hydrogen) atoms. The van der Waals surface area contributed by atoms with Crippen molar-refractivity contribution in [2.75, 3.05) is 6.54 Å². The molecule has 1 heterocycles. The number of allylic oxidation sites excluding steroid dienone is 5. The summed E-state index contributed by atoms with van der Waals surface area (Å²) in [5, 5.41) is 0. The van der Waals surface area contributed by atoms with Gasteiger partial charge in [0.25, 0.3) is 0 Å². The Kier molecular flexibility index (Phi) is 18.4. The smallest absolute Gasteiger partial charge is 0.0329 e. The summed E-state index contributed by atoms with van der Waals surface area (Å²) in [6.45, 7) is 52.9. The van der Waals surface area contributed by atoms with Crippen LogP contribution in [0.25, 0.3) is 0 Å². The Balaban J connectivity index is 0. The van der Waals surface area contributed by atoms with Crippen molar-refractivity contribution in [2.45, 2.75) is 141 Å². The van der Waals surface area contributed by atoms with Crippen molar-refractivity contribution in [3.05, 3.63) is 61.9 Å². The maximum Gasteiger partial charge on any atom is 0.0329 e. The lowest BCUT2D eigenvalue weighted by Gasteiger charge is -2.41. The van der Waals surface area contributed by atoms with Gasteiger partial charge >= 0.3 is 0 Å². The summed E-state index contributed by atoms with van der Waals surface area (Å²) in [6, 6.07) is 0.611. The molecule has 5 unspecified atom stereocenters. The molecular weight excluding hydrogens is 482 g/mol.